The van der Waals surface area contributed by atoms with Crippen LogP contribution in [0.2, 0.25) is 0 Å². The highest BCUT2D eigenvalue weighted by Crippen LogP contribution is 2.50. The Morgan fingerprint density at radius 1 is 1.00 bits per heavy atom. The van der Waals surface area contributed by atoms with Gasteiger partial charge in [-0.3, -0.25) is 0 Å². The van der Waals surface area contributed by atoms with Gasteiger partial charge in [0.25, 0.3) is 0 Å². The second kappa shape index (κ2) is 4.71. The number of rotatable bonds is 4. The van der Waals surface area contributed by atoms with Gasteiger partial charge < -0.3 is 10.8 Å². The molecule has 2 aromatic carbocycles. The van der Waals surface area contributed by atoms with Crippen LogP contribution in [-0.2, 0) is 11.8 Å². The van der Waals surface area contributed by atoms with Gasteiger partial charge >= 0.3 is 0 Å². The Morgan fingerprint density at radius 3 is 2.21 bits per heavy atom. The minimum atomic E-state index is 0.138. The average molecular weight is 253 g/mol. The zero-order chi connectivity index (χ0) is 13.3. The summed E-state index contributed by atoms with van der Waals surface area (Å²) in [6, 6.07) is 18.1. The monoisotopic (exact) mass is 253 g/mol. The number of hydrogen-bond acceptors (Lipinski definition) is 2. The number of phenolic OH excluding ortho intramolecular Hbond substituents is 1. The van der Waals surface area contributed by atoms with Crippen molar-refractivity contribution >= 4 is 0 Å². The lowest BCUT2D eigenvalue weighted by Crippen LogP contribution is -2.36. The van der Waals surface area contributed by atoms with Crippen LogP contribution in [0.1, 0.15) is 24.0 Å². The number of benzene rings is 2. The van der Waals surface area contributed by atoms with E-state index >= 15 is 0 Å². The molecule has 98 valence electrons. The summed E-state index contributed by atoms with van der Waals surface area (Å²) in [4.78, 5) is 0. The molecule has 3 rings (SSSR count). The van der Waals surface area contributed by atoms with Gasteiger partial charge in [-0.25, -0.2) is 0 Å². The van der Waals surface area contributed by atoms with Crippen LogP contribution in [0, 0.1) is 0 Å². The zero-order valence-corrected chi connectivity index (χ0v) is 10.9. The van der Waals surface area contributed by atoms with Crippen LogP contribution in [-0.4, -0.2) is 11.1 Å². The molecular formula is C17H19NO. The molecule has 1 saturated carbocycles. The van der Waals surface area contributed by atoms with E-state index in [2.05, 4.69) is 24.3 Å². The largest absolute Gasteiger partial charge is 0.508 e. The Bertz CT molecular complexity index is 543. The number of nitrogens with two attached hydrogens (primary N) is 1. The molecule has 2 aromatic rings. The summed E-state index contributed by atoms with van der Waals surface area (Å²) in [5.41, 5.74) is 9.17. The van der Waals surface area contributed by atoms with Crippen LogP contribution in [0.3, 0.4) is 0 Å². The normalized spacial score (nSPS) is 17.9. The minimum Gasteiger partial charge on any atom is -0.508 e. The smallest absolute Gasteiger partial charge is 0.115 e. The molecule has 0 amide bonds. The molecule has 0 aliphatic heterocycles. The first-order chi connectivity index (χ1) is 9.21. The summed E-state index contributed by atoms with van der Waals surface area (Å²) in [5.74, 6) is 0.307. The van der Waals surface area contributed by atoms with Crippen LogP contribution in [0.25, 0.3) is 0 Å². The topological polar surface area (TPSA) is 46.2 Å². The van der Waals surface area contributed by atoms with Gasteiger partial charge in [0.05, 0.1) is 0 Å². The van der Waals surface area contributed by atoms with Crippen molar-refractivity contribution in [3.05, 3.63) is 65.7 Å². The van der Waals surface area contributed by atoms with Gasteiger partial charge in [0.15, 0.2) is 0 Å². The van der Waals surface area contributed by atoms with E-state index in [0.717, 1.165) is 6.42 Å². The van der Waals surface area contributed by atoms with Gasteiger partial charge in [-0.05, 0) is 42.5 Å². The molecule has 1 atom stereocenters. The molecule has 0 bridgehead atoms. The minimum absolute atomic E-state index is 0.138. The molecule has 0 radical (unpaired) electrons. The zero-order valence-electron chi connectivity index (χ0n) is 10.9. The highest BCUT2D eigenvalue weighted by atomic mass is 16.3. The van der Waals surface area contributed by atoms with Gasteiger partial charge in [0.2, 0.25) is 0 Å². The van der Waals surface area contributed by atoms with Crippen molar-refractivity contribution in [2.75, 3.05) is 0 Å². The SMILES string of the molecule is NC(Cc1ccc(O)cc1)C1(c2ccccc2)CC1. The van der Waals surface area contributed by atoms with Crippen molar-refractivity contribution in [3.8, 4) is 5.75 Å². The van der Waals surface area contributed by atoms with E-state index in [1.807, 2.05) is 18.2 Å². The van der Waals surface area contributed by atoms with Crippen molar-refractivity contribution in [2.45, 2.75) is 30.7 Å². The maximum atomic E-state index is 9.31. The molecule has 0 aromatic heterocycles. The van der Waals surface area contributed by atoms with Crippen molar-refractivity contribution in [3.63, 3.8) is 0 Å². The van der Waals surface area contributed by atoms with E-state index in [-0.39, 0.29) is 11.5 Å². The van der Waals surface area contributed by atoms with Gasteiger partial charge in [-0.1, -0.05) is 42.5 Å². The number of phenols is 1. The lowest BCUT2D eigenvalue weighted by atomic mass is 9.85. The summed E-state index contributed by atoms with van der Waals surface area (Å²) in [7, 11) is 0. The second-order valence-electron chi connectivity index (χ2n) is 5.50. The van der Waals surface area contributed by atoms with Crippen molar-refractivity contribution < 1.29 is 5.11 Å². The molecule has 1 aliphatic carbocycles. The fraction of sp³-hybridized carbons (Fsp3) is 0.294. The van der Waals surface area contributed by atoms with Crippen LogP contribution < -0.4 is 5.73 Å². The maximum absolute atomic E-state index is 9.31. The highest BCUT2D eigenvalue weighted by molar-refractivity contribution is 5.35. The van der Waals surface area contributed by atoms with Crippen LogP contribution in [0.15, 0.2) is 54.6 Å². The molecule has 1 aliphatic rings. The molecule has 0 heterocycles. The van der Waals surface area contributed by atoms with Crippen LogP contribution in [0.4, 0.5) is 0 Å². The van der Waals surface area contributed by atoms with Gasteiger partial charge in [0.1, 0.15) is 5.75 Å². The lowest BCUT2D eigenvalue weighted by molar-refractivity contribution is 0.474. The van der Waals surface area contributed by atoms with E-state index in [1.165, 1.54) is 24.0 Å². The predicted molar refractivity (Wildman–Crippen MR) is 77.1 cm³/mol. The fourth-order valence-corrected chi connectivity index (χ4v) is 2.86. The molecule has 19 heavy (non-hydrogen) atoms. The molecule has 0 saturated heterocycles. The highest BCUT2D eigenvalue weighted by Gasteiger charge is 2.48. The fourth-order valence-electron chi connectivity index (χ4n) is 2.86. The molecule has 1 fully saturated rings. The van der Waals surface area contributed by atoms with Gasteiger partial charge in [0, 0.05) is 11.5 Å². The summed E-state index contributed by atoms with van der Waals surface area (Å²) < 4.78 is 0. The van der Waals surface area contributed by atoms with Crippen molar-refractivity contribution in [1.82, 2.24) is 0 Å². The van der Waals surface area contributed by atoms with Crippen molar-refractivity contribution in [2.24, 2.45) is 5.73 Å². The molecular weight excluding hydrogens is 234 g/mol. The molecule has 0 spiro atoms. The summed E-state index contributed by atoms with van der Waals surface area (Å²) >= 11 is 0. The first-order valence-corrected chi connectivity index (χ1v) is 6.80. The average Bonchev–Trinajstić information content (AvgIpc) is 3.24. The maximum Gasteiger partial charge on any atom is 0.115 e. The first-order valence-electron chi connectivity index (χ1n) is 6.80. The Kier molecular flexibility index (Phi) is 3.03. The predicted octanol–water partition coefficient (Wildman–Crippen LogP) is 2.99. The number of aromatic hydroxyl groups is 1. The lowest BCUT2D eigenvalue weighted by Gasteiger charge is -2.24. The standard InChI is InChI=1S/C17H19NO/c18-16(12-13-6-8-15(19)9-7-13)17(10-11-17)14-4-2-1-3-5-14/h1-9,16,19H,10-12,18H2. The molecule has 1 unspecified atom stereocenters. The third kappa shape index (κ3) is 2.36. The van der Waals surface area contributed by atoms with E-state index < -0.39 is 0 Å². The van der Waals surface area contributed by atoms with Crippen molar-refractivity contribution in [1.29, 1.82) is 0 Å². The molecule has 3 N–H and O–H groups in total. The van der Waals surface area contributed by atoms with E-state index in [1.54, 1.807) is 12.1 Å². The van der Waals surface area contributed by atoms with E-state index in [9.17, 15) is 5.11 Å². The molecule has 2 heteroatoms. The summed E-state index contributed by atoms with van der Waals surface area (Å²) in [6.07, 6.45) is 3.21. The second-order valence-corrected chi connectivity index (χ2v) is 5.50. The summed E-state index contributed by atoms with van der Waals surface area (Å²) in [6.45, 7) is 0. The van der Waals surface area contributed by atoms with E-state index in [4.69, 9.17) is 5.73 Å². The van der Waals surface area contributed by atoms with Crippen LogP contribution in [0.5, 0.6) is 5.75 Å². The Hall–Kier alpha value is -1.80. The third-order valence-electron chi connectivity index (χ3n) is 4.24. The Balaban J connectivity index is 1.77. The third-order valence-corrected chi connectivity index (χ3v) is 4.24. The first kappa shape index (κ1) is 12.2. The number of hydrogen-bond donors (Lipinski definition) is 2. The van der Waals surface area contributed by atoms with Gasteiger partial charge in [-0.2, -0.15) is 0 Å². The Morgan fingerprint density at radius 2 is 1.63 bits per heavy atom. The van der Waals surface area contributed by atoms with E-state index in [0.29, 0.717) is 5.75 Å². The quantitative estimate of drug-likeness (QED) is 0.880. The summed E-state index contributed by atoms with van der Waals surface area (Å²) in [5, 5.41) is 9.31. The van der Waals surface area contributed by atoms with Crippen LogP contribution >= 0.6 is 0 Å². The molecule has 2 nitrogen and oxygen atoms in total. The Labute approximate surface area is 113 Å². The van der Waals surface area contributed by atoms with Gasteiger partial charge in [-0.15, -0.1) is 0 Å².